The van der Waals surface area contributed by atoms with Crippen LogP contribution in [0, 0.1) is 0 Å². The molecule has 1 nitrogen and oxygen atoms in total. The van der Waals surface area contributed by atoms with Crippen LogP contribution in [0.15, 0.2) is 22.7 Å². The van der Waals surface area contributed by atoms with Crippen LogP contribution < -0.4 is 4.74 Å². The summed E-state index contributed by atoms with van der Waals surface area (Å²) in [7, 11) is 0. The van der Waals surface area contributed by atoms with Crippen molar-refractivity contribution in [3.05, 3.63) is 28.2 Å². The molecule has 0 amide bonds. The first-order valence-corrected chi connectivity index (χ1v) is 8.04. The fourth-order valence-corrected chi connectivity index (χ4v) is 3.00. The van der Waals surface area contributed by atoms with Crippen molar-refractivity contribution in [3.8, 4) is 5.75 Å². The lowest BCUT2D eigenvalue weighted by atomic mass is 9.98. The first-order chi connectivity index (χ1) is 8.79. The van der Waals surface area contributed by atoms with Gasteiger partial charge in [0.1, 0.15) is 5.75 Å². The Labute approximate surface area is 119 Å². The number of halogens is 1. The minimum Gasteiger partial charge on any atom is -0.490 e. The Morgan fingerprint density at radius 2 is 2.06 bits per heavy atom. The highest BCUT2D eigenvalue weighted by atomic mass is 79.9. The van der Waals surface area contributed by atoms with Crippen molar-refractivity contribution in [1.29, 1.82) is 0 Å². The molecule has 0 aromatic heterocycles. The van der Waals surface area contributed by atoms with Gasteiger partial charge in [0.15, 0.2) is 0 Å². The molecule has 1 heterocycles. The van der Waals surface area contributed by atoms with E-state index >= 15 is 0 Å². The molecule has 2 rings (SSSR count). The molecule has 100 valence electrons. The molecule has 0 saturated heterocycles. The number of ether oxygens (including phenoxy) is 1. The Kier molecular flexibility index (Phi) is 5.55. The van der Waals surface area contributed by atoms with Crippen LogP contribution in [0.3, 0.4) is 0 Å². The van der Waals surface area contributed by atoms with Crippen molar-refractivity contribution in [3.63, 3.8) is 0 Å². The second kappa shape index (κ2) is 7.18. The van der Waals surface area contributed by atoms with E-state index in [1.54, 1.807) is 0 Å². The van der Waals surface area contributed by atoms with Crippen LogP contribution >= 0.6 is 15.9 Å². The molecule has 0 aliphatic carbocycles. The van der Waals surface area contributed by atoms with Gasteiger partial charge in [-0.05, 0) is 49.4 Å². The van der Waals surface area contributed by atoms with Crippen LogP contribution in [0.25, 0.3) is 0 Å². The SMILES string of the molecule is CCCCCCC[C@H]1CCc2cc(Br)ccc2O1. The molecule has 0 saturated carbocycles. The average molecular weight is 311 g/mol. The lowest BCUT2D eigenvalue weighted by molar-refractivity contribution is 0.160. The smallest absolute Gasteiger partial charge is 0.122 e. The summed E-state index contributed by atoms with van der Waals surface area (Å²) in [6.45, 7) is 2.26. The standard InChI is InChI=1S/C16H23BrO/c1-2-3-4-5-6-7-15-10-8-13-12-14(17)9-11-16(13)18-15/h9,11-12,15H,2-8,10H2,1H3/t15-/m0/s1. The Balaban J connectivity index is 1.76. The van der Waals surface area contributed by atoms with Crippen molar-refractivity contribution in [2.75, 3.05) is 0 Å². The van der Waals surface area contributed by atoms with E-state index in [-0.39, 0.29) is 0 Å². The number of hydrogen-bond acceptors (Lipinski definition) is 1. The van der Waals surface area contributed by atoms with Crippen LogP contribution in [0.5, 0.6) is 5.75 Å². The highest BCUT2D eigenvalue weighted by molar-refractivity contribution is 9.10. The summed E-state index contributed by atoms with van der Waals surface area (Å²) in [6.07, 6.45) is 10.8. The summed E-state index contributed by atoms with van der Waals surface area (Å²) in [6, 6.07) is 6.36. The maximum atomic E-state index is 6.07. The number of unbranched alkanes of at least 4 members (excludes halogenated alkanes) is 4. The van der Waals surface area contributed by atoms with Gasteiger partial charge in [0.2, 0.25) is 0 Å². The predicted molar refractivity (Wildman–Crippen MR) is 80.3 cm³/mol. The van der Waals surface area contributed by atoms with Gasteiger partial charge in [-0.3, -0.25) is 0 Å². The zero-order valence-electron chi connectivity index (χ0n) is 11.3. The first kappa shape index (κ1) is 13.9. The van der Waals surface area contributed by atoms with Crippen molar-refractivity contribution in [2.45, 2.75) is 64.4 Å². The van der Waals surface area contributed by atoms with Gasteiger partial charge in [-0.2, -0.15) is 0 Å². The van der Waals surface area contributed by atoms with Gasteiger partial charge in [-0.1, -0.05) is 48.5 Å². The first-order valence-electron chi connectivity index (χ1n) is 7.24. The summed E-state index contributed by atoms with van der Waals surface area (Å²) < 4.78 is 7.23. The normalized spacial score (nSPS) is 18.2. The Morgan fingerprint density at radius 3 is 2.89 bits per heavy atom. The summed E-state index contributed by atoms with van der Waals surface area (Å²) in [5.41, 5.74) is 1.35. The van der Waals surface area contributed by atoms with Gasteiger partial charge in [0, 0.05) is 4.47 Å². The van der Waals surface area contributed by atoms with Gasteiger partial charge < -0.3 is 4.74 Å². The lowest BCUT2D eigenvalue weighted by Gasteiger charge is -2.26. The largest absolute Gasteiger partial charge is 0.490 e. The van der Waals surface area contributed by atoms with E-state index in [0.717, 1.165) is 16.6 Å². The summed E-state index contributed by atoms with van der Waals surface area (Å²) in [4.78, 5) is 0. The molecule has 18 heavy (non-hydrogen) atoms. The van der Waals surface area contributed by atoms with Gasteiger partial charge in [-0.15, -0.1) is 0 Å². The molecule has 1 aliphatic rings. The number of fused-ring (bicyclic) bond motifs is 1. The van der Waals surface area contributed by atoms with E-state index in [1.165, 1.54) is 50.5 Å². The van der Waals surface area contributed by atoms with E-state index in [2.05, 4.69) is 41.1 Å². The topological polar surface area (TPSA) is 9.23 Å². The van der Waals surface area contributed by atoms with Crippen LogP contribution in [0.2, 0.25) is 0 Å². The molecular formula is C16H23BrO. The van der Waals surface area contributed by atoms with E-state index in [1.807, 2.05) is 0 Å². The van der Waals surface area contributed by atoms with Crippen LogP contribution in [0.1, 0.15) is 57.4 Å². The molecule has 1 aromatic rings. The van der Waals surface area contributed by atoms with Crippen molar-refractivity contribution in [2.24, 2.45) is 0 Å². The van der Waals surface area contributed by atoms with E-state index in [9.17, 15) is 0 Å². The maximum absolute atomic E-state index is 6.07. The fourth-order valence-electron chi connectivity index (χ4n) is 2.59. The molecule has 0 fully saturated rings. The van der Waals surface area contributed by atoms with Crippen LogP contribution in [-0.4, -0.2) is 6.10 Å². The molecule has 2 heteroatoms. The molecule has 0 unspecified atom stereocenters. The molecular weight excluding hydrogens is 288 g/mol. The third-order valence-electron chi connectivity index (χ3n) is 3.68. The van der Waals surface area contributed by atoms with Gasteiger partial charge in [0.25, 0.3) is 0 Å². The lowest BCUT2D eigenvalue weighted by Crippen LogP contribution is -2.22. The quantitative estimate of drug-likeness (QED) is 0.630. The predicted octanol–water partition coefficient (Wildman–Crippen LogP) is 5.50. The Morgan fingerprint density at radius 1 is 1.22 bits per heavy atom. The second-order valence-electron chi connectivity index (χ2n) is 5.23. The van der Waals surface area contributed by atoms with Gasteiger partial charge in [-0.25, -0.2) is 0 Å². The molecule has 0 spiro atoms. The molecule has 1 aromatic carbocycles. The zero-order valence-corrected chi connectivity index (χ0v) is 12.8. The van der Waals surface area contributed by atoms with E-state index in [4.69, 9.17) is 4.74 Å². The van der Waals surface area contributed by atoms with Crippen LogP contribution in [-0.2, 0) is 6.42 Å². The van der Waals surface area contributed by atoms with Crippen molar-refractivity contribution < 1.29 is 4.74 Å². The van der Waals surface area contributed by atoms with E-state index in [0.29, 0.717) is 6.10 Å². The third-order valence-corrected chi connectivity index (χ3v) is 4.17. The molecule has 1 aliphatic heterocycles. The van der Waals surface area contributed by atoms with Crippen molar-refractivity contribution >= 4 is 15.9 Å². The zero-order chi connectivity index (χ0) is 12.8. The van der Waals surface area contributed by atoms with Crippen molar-refractivity contribution in [1.82, 2.24) is 0 Å². The highest BCUT2D eigenvalue weighted by Crippen LogP contribution is 2.31. The summed E-state index contributed by atoms with van der Waals surface area (Å²) in [5, 5.41) is 0. The maximum Gasteiger partial charge on any atom is 0.122 e. The highest BCUT2D eigenvalue weighted by Gasteiger charge is 2.19. The molecule has 0 bridgehead atoms. The van der Waals surface area contributed by atoms with Gasteiger partial charge >= 0.3 is 0 Å². The summed E-state index contributed by atoms with van der Waals surface area (Å²) >= 11 is 3.52. The second-order valence-corrected chi connectivity index (χ2v) is 6.15. The minimum absolute atomic E-state index is 0.445. The third kappa shape index (κ3) is 4.01. The molecule has 0 N–H and O–H groups in total. The van der Waals surface area contributed by atoms with E-state index < -0.39 is 0 Å². The van der Waals surface area contributed by atoms with Crippen LogP contribution in [0.4, 0.5) is 0 Å². The fraction of sp³-hybridized carbons (Fsp3) is 0.625. The Bertz CT molecular complexity index is 375. The molecule has 1 atom stereocenters. The summed E-state index contributed by atoms with van der Waals surface area (Å²) in [5.74, 6) is 1.10. The molecule has 0 radical (unpaired) electrons. The van der Waals surface area contributed by atoms with Gasteiger partial charge in [0.05, 0.1) is 6.10 Å². The monoisotopic (exact) mass is 310 g/mol. The number of rotatable bonds is 6. The average Bonchev–Trinajstić information content (AvgIpc) is 2.38. The number of hydrogen-bond donors (Lipinski definition) is 0. The minimum atomic E-state index is 0.445. The number of aryl methyl sites for hydroxylation is 1. The Hall–Kier alpha value is -0.500. The number of benzene rings is 1.